The molecule has 1 aliphatic heterocycles. The topological polar surface area (TPSA) is 45.0 Å². The highest BCUT2D eigenvalue weighted by Gasteiger charge is 2.21. The van der Waals surface area contributed by atoms with Crippen molar-refractivity contribution < 1.29 is 4.74 Å². The molecule has 1 heterocycles. The normalized spacial score (nSPS) is 25.5. The SMILES string of the molecule is CC1CCNCC1OCCCCC(C)(C)C#N. The number of unbranched alkanes of at least 4 members (excludes halogenated alkanes) is 1. The molecule has 0 radical (unpaired) electrons. The molecule has 3 heteroatoms. The van der Waals surface area contributed by atoms with E-state index in [0.717, 1.165) is 39.0 Å². The lowest BCUT2D eigenvalue weighted by molar-refractivity contribution is 0.00196. The van der Waals surface area contributed by atoms with Gasteiger partial charge in [0.25, 0.3) is 0 Å². The molecule has 0 aromatic rings. The van der Waals surface area contributed by atoms with E-state index in [1.165, 1.54) is 6.42 Å². The van der Waals surface area contributed by atoms with E-state index in [-0.39, 0.29) is 5.41 Å². The van der Waals surface area contributed by atoms with Gasteiger partial charge in [0.2, 0.25) is 0 Å². The summed E-state index contributed by atoms with van der Waals surface area (Å²) in [7, 11) is 0. The van der Waals surface area contributed by atoms with Crippen molar-refractivity contribution in [2.75, 3.05) is 19.7 Å². The van der Waals surface area contributed by atoms with Gasteiger partial charge in [-0.2, -0.15) is 5.26 Å². The van der Waals surface area contributed by atoms with Crippen LogP contribution in [0, 0.1) is 22.7 Å². The van der Waals surface area contributed by atoms with Crippen LogP contribution in [0.3, 0.4) is 0 Å². The van der Waals surface area contributed by atoms with Crippen LogP contribution in [0.25, 0.3) is 0 Å². The molecule has 1 saturated heterocycles. The second-order valence-corrected chi connectivity index (χ2v) is 5.83. The Balaban J connectivity index is 2.06. The Labute approximate surface area is 106 Å². The number of nitriles is 1. The van der Waals surface area contributed by atoms with Gasteiger partial charge in [-0.05, 0) is 52.0 Å². The summed E-state index contributed by atoms with van der Waals surface area (Å²) in [5.41, 5.74) is -0.181. The van der Waals surface area contributed by atoms with E-state index in [9.17, 15) is 0 Å². The first kappa shape index (κ1) is 14.5. The van der Waals surface area contributed by atoms with Crippen molar-refractivity contribution >= 4 is 0 Å². The summed E-state index contributed by atoms with van der Waals surface area (Å²) >= 11 is 0. The first-order valence-electron chi connectivity index (χ1n) is 6.79. The molecule has 2 atom stereocenters. The van der Waals surface area contributed by atoms with Crippen molar-refractivity contribution in [2.24, 2.45) is 11.3 Å². The molecule has 0 aromatic heterocycles. The Bertz CT molecular complexity index is 257. The summed E-state index contributed by atoms with van der Waals surface area (Å²) in [5.74, 6) is 0.673. The van der Waals surface area contributed by atoms with Crippen molar-refractivity contribution in [3.63, 3.8) is 0 Å². The van der Waals surface area contributed by atoms with Crippen LogP contribution in [0.2, 0.25) is 0 Å². The zero-order valence-corrected chi connectivity index (χ0v) is 11.5. The lowest BCUT2D eigenvalue weighted by atomic mass is 9.89. The monoisotopic (exact) mass is 238 g/mol. The maximum Gasteiger partial charge on any atom is 0.0725 e. The molecule has 1 aliphatic rings. The van der Waals surface area contributed by atoms with Crippen molar-refractivity contribution in [1.82, 2.24) is 5.32 Å². The van der Waals surface area contributed by atoms with Gasteiger partial charge in [0.05, 0.1) is 17.6 Å². The Morgan fingerprint density at radius 2 is 2.18 bits per heavy atom. The van der Waals surface area contributed by atoms with Gasteiger partial charge in [-0.3, -0.25) is 0 Å². The van der Waals surface area contributed by atoms with Crippen LogP contribution in [0.4, 0.5) is 0 Å². The van der Waals surface area contributed by atoms with Crippen LogP contribution in [0.1, 0.15) is 46.5 Å². The number of hydrogen-bond acceptors (Lipinski definition) is 3. The standard InChI is InChI=1S/C14H26N2O/c1-12-6-8-16-10-13(12)17-9-5-4-7-14(2,3)11-15/h12-13,16H,4-10H2,1-3H3. The molecule has 3 nitrogen and oxygen atoms in total. The van der Waals surface area contributed by atoms with E-state index < -0.39 is 0 Å². The predicted octanol–water partition coefficient (Wildman–Crippen LogP) is 2.72. The Morgan fingerprint density at radius 1 is 1.41 bits per heavy atom. The van der Waals surface area contributed by atoms with Crippen LogP contribution in [0.15, 0.2) is 0 Å². The minimum Gasteiger partial charge on any atom is -0.377 e. The molecule has 0 spiro atoms. The second-order valence-electron chi connectivity index (χ2n) is 5.83. The first-order chi connectivity index (χ1) is 8.05. The number of rotatable bonds is 6. The fraction of sp³-hybridized carbons (Fsp3) is 0.929. The number of nitrogens with one attached hydrogen (secondary N) is 1. The molecule has 1 N–H and O–H groups in total. The molecule has 0 aromatic carbocycles. The van der Waals surface area contributed by atoms with E-state index in [4.69, 9.17) is 10.00 Å². The summed E-state index contributed by atoms with van der Waals surface area (Å²) < 4.78 is 5.90. The summed E-state index contributed by atoms with van der Waals surface area (Å²) in [6.45, 7) is 9.21. The summed E-state index contributed by atoms with van der Waals surface area (Å²) in [5, 5.41) is 12.3. The van der Waals surface area contributed by atoms with Gasteiger partial charge in [0, 0.05) is 13.2 Å². The lowest BCUT2D eigenvalue weighted by Gasteiger charge is -2.29. The number of nitrogens with zero attached hydrogens (tertiary/aromatic N) is 1. The van der Waals surface area contributed by atoms with E-state index >= 15 is 0 Å². The van der Waals surface area contributed by atoms with E-state index in [1.54, 1.807) is 0 Å². The second kappa shape index (κ2) is 6.98. The largest absolute Gasteiger partial charge is 0.377 e. The predicted molar refractivity (Wildman–Crippen MR) is 69.6 cm³/mol. The van der Waals surface area contributed by atoms with Gasteiger partial charge in [-0.15, -0.1) is 0 Å². The quantitative estimate of drug-likeness (QED) is 0.724. The van der Waals surface area contributed by atoms with Gasteiger partial charge in [0.15, 0.2) is 0 Å². The van der Waals surface area contributed by atoms with Crippen molar-refractivity contribution in [1.29, 1.82) is 5.26 Å². The smallest absolute Gasteiger partial charge is 0.0725 e. The van der Waals surface area contributed by atoms with Crippen LogP contribution in [-0.2, 0) is 4.74 Å². The number of ether oxygens (including phenoxy) is 1. The molecule has 0 aliphatic carbocycles. The minimum absolute atomic E-state index is 0.181. The highest BCUT2D eigenvalue weighted by molar-refractivity contribution is 4.91. The summed E-state index contributed by atoms with van der Waals surface area (Å²) in [6, 6.07) is 2.34. The number of hydrogen-bond donors (Lipinski definition) is 1. The number of piperidine rings is 1. The van der Waals surface area contributed by atoms with Gasteiger partial charge in [0.1, 0.15) is 0 Å². The zero-order chi connectivity index (χ0) is 12.7. The van der Waals surface area contributed by atoms with Crippen molar-refractivity contribution in [3.8, 4) is 6.07 Å². The zero-order valence-electron chi connectivity index (χ0n) is 11.5. The summed E-state index contributed by atoms with van der Waals surface area (Å²) in [4.78, 5) is 0. The molecule has 17 heavy (non-hydrogen) atoms. The Morgan fingerprint density at radius 3 is 2.82 bits per heavy atom. The molecule has 0 amide bonds. The molecule has 0 bridgehead atoms. The third-order valence-corrected chi connectivity index (χ3v) is 3.59. The molecule has 2 unspecified atom stereocenters. The van der Waals surface area contributed by atoms with Gasteiger partial charge in [-0.1, -0.05) is 6.92 Å². The fourth-order valence-corrected chi connectivity index (χ4v) is 2.14. The average Bonchev–Trinajstić information content (AvgIpc) is 2.31. The van der Waals surface area contributed by atoms with Gasteiger partial charge >= 0.3 is 0 Å². The lowest BCUT2D eigenvalue weighted by Crippen LogP contribution is -2.41. The maximum atomic E-state index is 8.90. The Hall–Kier alpha value is -0.590. The Kier molecular flexibility index (Phi) is 5.94. The van der Waals surface area contributed by atoms with E-state index in [1.807, 2.05) is 13.8 Å². The van der Waals surface area contributed by atoms with Gasteiger partial charge in [-0.25, -0.2) is 0 Å². The molecule has 0 saturated carbocycles. The highest BCUT2D eigenvalue weighted by Crippen LogP contribution is 2.22. The molecular weight excluding hydrogens is 212 g/mol. The fourth-order valence-electron chi connectivity index (χ4n) is 2.14. The summed E-state index contributed by atoms with van der Waals surface area (Å²) in [6.07, 6.45) is 4.70. The molecular formula is C14H26N2O. The van der Waals surface area contributed by atoms with Crippen LogP contribution >= 0.6 is 0 Å². The van der Waals surface area contributed by atoms with Crippen molar-refractivity contribution in [2.45, 2.75) is 52.6 Å². The van der Waals surface area contributed by atoms with Crippen LogP contribution in [0.5, 0.6) is 0 Å². The highest BCUT2D eigenvalue weighted by atomic mass is 16.5. The van der Waals surface area contributed by atoms with Crippen molar-refractivity contribution in [3.05, 3.63) is 0 Å². The van der Waals surface area contributed by atoms with E-state index in [0.29, 0.717) is 12.0 Å². The molecule has 98 valence electrons. The first-order valence-corrected chi connectivity index (χ1v) is 6.79. The molecule has 1 rings (SSSR count). The third-order valence-electron chi connectivity index (χ3n) is 3.59. The molecule has 1 fully saturated rings. The van der Waals surface area contributed by atoms with Gasteiger partial charge < -0.3 is 10.1 Å². The third kappa shape index (κ3) is 5.52. The van der Waals surface area contributed by atoms with Crippen LogP contribution in [-0.4, -0.2) is 25.8 Å². The average molecular weight is 238 g/mol. The minimum atomic E-state index is -0.181. The van der Waals surface area contributed by atoms with Crippen LogP contribution < -0.4 is 5.32 Å². The maximum absolute atomic E-state index is 8.90. The van der Waals surface area contributed by atoms with E-state index in [2.05, 4.69) is 18.3 Å².